The van der Waals surface area contributed by atoms with Crippen molar-refractivity contribution in [3.63, 3.8) is 0 Å². The molecule has 136 valence electrons. The quantitative estimate of drug-likeness (QED) is 0.704. The largest absolute Gasteiger partial charge is 0.329 e. The molecule has 2 aliphatic heterocycles. The Morgan fingerprint density at radius 3 is 2.00 bits per heavy atom. The number of hydrogen-bond donors (Lipinski definition) is 0. The second kappa shape index (κ2) is 6.15. The number of rotatable bonds is 2. The number of halogens is 2. The summed E-state index contributed by atoms with van der Waals surface area (Å²) in [7, 11) is -3.23. The van der Waals surface area contributed by atoms with Crippen LogP contribution in [0, 0.1) is 6.92 Å². The Labute approximate surface area is 162 Å². The van der Waals surface area contributed by atoms with E-state index < -0.39 is 21.9 Å². The Hall–Kier alpha value is -1.76. The molecule has 2 saturated heterocycles. The van der Waals surface area contributed by atoms with Gasteiger partial charge in [-0.1, -0.05) is 40.9 Å². The molecule has 8 heteroatoms. The van der Waals surface area contributed by atoms with E-state index in [-0.39, 0.29) is 17.5 Å². The Balaban J connectivity index is 1.81. The van der Waals surface area contributed by atoms with E-state index in [1.165, 1.54) is 4.90 Å². The summed E-state index contributed by atoms with van der Waals surface area (Å²) < 4.78 is 24.5. The number of benzene rings is 2. The van der Waals surface area contributed by atoms with Crippen molar-refractivity contribution >= 4 is 50.4 Å². The molecule has 2 atom stereocenters. The average molecular weight is 411 g/mol. The van der Waals surface area contributed by atoms with Gasteiger partial charge in [-0.25, -0.2) is 13.2 Å². The molecule has 4 rings (SSSR count). The van der Waals surface area contributed by atoms with Crippen molar-refractivity contribution in [3.8, 4) is 0 Å². The van der Waals surface area contributed by atoms with Gasteiger partial charge in [0.25, 0.3) is 0 Å². The lowest BCUT2D eigenvalue weighted by atomic mass is 10.1. The minimum atomic E-state index is -3.23. The molecular formula is C18H16Cl2N2O3S. The first-order valence-corrected chi connectivity index (χ1v) is 10.7. The summed E-state index contributed by atoms with van der Waals surface area (Å²) in [6.07, 6.45) is 0. The van der Waals surface area contributed by atoms with Crippen LogP contribution in [0.25, 0.3) is 0 Å². The molecule has 0 aromatic heterocycles. The summed E-state index contributed by atoms with van der Waals surface area (Å²) in [5, 5.41) is 0.705. The Bertz CT molecular complexity index is 992. The fraction of sp³-hybridized carbons (Fsp3) is 0.278. The fourth-order valence-corrected chi connectivity index (χ4v) is 5.86. The summed E-state index contributed by atoms with van der Waals surface area (Å²) in [6.45, 7) is 1.96. The zero-order valence-electron chi connectivity index (χ0n) is 13.9. The second-order valence-electron chi connectivity index (χ2n) is 6.67. The summed E-state index contributed by atoms with van der Waals surface area (Å²) in [5.41, 5.74) is 2.30. The molecule has 2 fully saturated rings. The summed E-state index contributed by atoms with van der Waals surface area (Å²) in [4.78, 5) is 16.3. The highest BCUT2D eigenvalue weighted by atomic mass is 35.5. The molecule has 0 N–H and O–H groups in total. The van der Waals surface area contributed by atoms with Gasteiger partial charge in [0.15, 0.2) is 9.84 Å². The van der Waals surface area contributed by atoms with Crippen LogP contribution >= 0.6 is 23.2 Å². The number of nitrogens with zero attached hydrogens (tertiary/aromatic N) is 2. The number of amides is 2. The molecule has 0 unspecified atom stereocenters. The van der Waals surface area contributed by atoms with Gasteiger partial charge in [0, 0.05) is 11.4 Å². The molecule has 2 amide bonds. The van der Waals surface area contributed by atoms with Crippen LogP contribution in [0.1, 0.15) is 5.56 Å². The van der Waals surface area contributed by atoms with E-state index in [2.05, 4.69) is 0 Å². The number of carbonyl (C=O) groups excluding carboxylic acids is 1. The van der Waals surface area contributed by atoms with Crippen molar-refractivity contribution in [1.82, 2.24) is 0 Å². The fourth-order valence-electron chi connectivity index (χ4n) is 3.65. The molecular weight excluding hydrogens is 395 g/mol. The van der Waals surface area contributed by atoms with Gasteiger partial charge in [-0.3, -0.25) is 9.80 Å². The highest BCUT2D eigenvalue weighted by Gasteiger charge is 2.54. The van der Waals surface area contributed by atoms with E-state index in [0.29, 0.717) is 21.4 Å². The number of anilines is 2. The first-order valence-electron chi connectivity index (χ1n) is 8.11. The van der Waals surface area contributed by atoms with E-state index >= 15 is 0 Å². The number of carbonyl (C=O) groups is 1. The van der Waals surface area contributed by atoms with E-state index in [0.717, 1.165) is 5.56 Å². The Morgan fingerprint density at radius 1 is 0.885 bits per heavy atom. The van der Waals surface area contributed by atoms with Crippen molar-refractivity contribution in [1.29, 1.82) is 0 Å². The molecule has 0 spiro atoms. The van der Waals surface area contributed by atoms with Crippen molar-refractivity contribution < 1.29 is 13.2 Å². The minimum absolute atomic E-state index is 0.0465. The summed E-state index contributed by atoms with van der Waals surface area (Å²) >= 11 is 12.1. The van der Waals surface area contributed by atoms with Crippen LogP contribution in [-0.2, 0) is 9.84 Å². The van der Waals surface area contributed by atoms with Crippen LogP contribution in [0.5, 0.6) is 0 Å². The van der Waals surface area contributed by atoms with Crippen molar-refractivity contribution in [2.75, 3.05) is 21.3 Å². The number of fused-ring (bicyclic) bond motifs is 1. The molecule has 5 nitrogen and oxygen atoms in total. The summed E-state index contributed by atoms with van der Waals surface area (Å²) in [6, 6.07) is 11.3. The van der Waals surface area contributed by atoms with Gasteiger partial charge in [0.05, 0.1) is 33.6 Å². The van der Waals surface area contributed by atoms with Gasteiger partial charge >= 0.3 is 6.03 Å². The number of urea groups is 1. The molecule has 2 aromatic rings. The third kappa shape index (κ3) is 2.86. The third-order valence-electron chi connectivity index (χ3n) is 4.86. The molecule has 2 heterocycles. The van der Waals surface area contributed by atoms with Crippen LogP contribution in [0.15, 0.2) is 42.5 Å². The lowest BCUT2D eigenvalue weighted by Gasteiger charge is -2.23. The Morgan fingerprint density at radius 2 is 1.42 bits per heavy atom. The van der Waals surface area contributed by atoms with Crippen LogP contribution in [0.2, 0.25) is 10.0 Å². The van der Waals surface area contributed by atoms with Gasteiger partial charge in [-0.05, 0) is 37.3 Å². The predicted octanol–water partition coefficient (Wildman–Crippen LogP) is 3.91. The zero-order chi connectivity index (χ0) is 18.6. The van der Waals surface area contributed by atoms with E-state index in [1.807, 2.05) is 31.2 Å². The van der Waals surface area contributed by atoms with Crippen LogP contribution in [0.4, 0.5) is 16.2 Å². The first-order chi connectivity index (χ1) is 12.3. The standard InChI is InChI=1S/C18H16Cl2N2O3S/c1-11-2-4-12(5-3-11)21-16-9-26(24,25)10-17(16)22(18(21)23)13-6-7-14(19)15(20)8-13/h2-8,16-17H,9-10H2,1H3/t16-,17+/m0/s1. The van der Waals surface area contributed by atoms with E-state index in [4.69, 9.17) is 23.2 Å². The lowest BCUT2D eigenvalue weighted by molar-refractivity contribution is 0.255. The van der Waals surface area contributed by atoms with E-state index in [9.17, 15) is 13.2 Å². The van der Waals surface area contributed by atoms with Crippen molar-refractivity contribution in [2.45, 2.75) is 19.0 Å². The van der Waals surface area contributed by atoms with Gasteiger partial charge in [0.1, 0.15) is 0 Å². The predicted molar refractivity (Wildman–Crippen MR) is 104 cm³/mol. The van der Waals surface area contributed by atoms with Gasteiger partial charge in [0.2, 0.25) is 0 Å². The van der Waals surface area contributed by atoms with E-state index in [1.54, 1.807) is 23.1 Å². The lowest BCUT2D eigenvalue weighted by Crippen LogP contribution is -2.37. The molecule has 2 aromatic carbocycles. The molecule has 0 bridgehead atoms. The summed E-state index contributed by atoms with van der Waals surface area (Å²) in [5.74, 6) is -0.110. The molecule has 0 radical (unpaired) electrons. The highest BCUT2D eigenvalue weighted by Crippen LogP contribution is 2.39. The average Bonchev–Trinajstić information content (AvgIpc) is 3.00. The number of aryl methyl sites for hydroxylation is 1. The maximum Gasteiger partial charge on any atom is 0.329 e. The zero-order valence-corrected chi connectivity index (χ0v) is 16.2. The molecule has 0 aliphatic carbocycles. The number of sulfone groups is 1. The monoisotopic (exact) mass is 410 g/mol. The van der Waals surface area contributed by atoms with Crippen LogP contribution in [0.3, 0.4) is 0 Å². The topological polar surface area (TPSA) is 57.7 Å². The maximum atomic E-state index is 13.2. The molecule has 26 heavy (non-hydrogen) atoms. The second-order valence-corrected chi connectivity index (χ2v) is 9.64. The van der Waals surface area contributed by atoms with Crippen LogP contribution < -0.4 is 9.80 Å². The number of hydrogen-bond acceptors (Lipinski definition) is 3. The third-order valence-corrected chi connectivity index (χ3v) is 7.30. The van der Waals surface area contributed by atoms with Crippen LogP contribution in [-0.4, -0.2) is 38.0 Å². The maximum absolute atomic E-state index is 13.2. The first kappa shape index (κ1) is 17.6. The minimum Gasteiger partial charge on any atom is -0.288 e. The van der Waals surface area contributed by atoms with Gasteiger partial charge < -0.3 is 0 Å². The SMILES string of the molecule is Cc1ccc(N2C(=O)N(c3ccc(Cl)c(Cl)c3)[C@@H]3CS(=O)(=O)C[C@@H]32)cc1. The van der Waals surface area contributed by atoms with Gasteiger partial charge in [-0.2, -0.15) is 0 Å². The highest BCUT2D eigenvalue weighted by molar-refractivity contribution is 7.91. The van der Waals surface area contributed by atoms with Crippen molar-refractivity contribution in [2.24, 2.45) is 0 Å². The van der Waals surface area contributed by atoms with Gasteiger partial charge in [-0.15, -0.1) is 0 Å². The molecule has 2 aliphatic rings. The van der Waals surface area contributed by atoms with Crippen molar-refractivity contribution in [3.05, 3.63) is 58.1 Å². The Kier molecular flexibility index (Phi) is 4.17. The molecule has 0 saturated carbocycles. The normalized spacial score (nSPS) is 24.2. The smallest absolute Gasteiger partial charge is 0.288 e.